The van der Waals surface area contributed by atoms with Gasteiger partial charge in [0, 0.05) is 32.7 Å². The molecule has 22 nitrogen and oxygen atoms in total. The van der Waals surface area contributed by atoms with Crippen LogP contribution in [0.25, 0.3) is 0 Å². The molecule has 7 rings (SSSR count). The molecule has 22 heteroatoms. The molecular formula is C50H66N10O12. The second-order valence-electron chi connectivity index (χ2n) is 17.5. The van der Waals surface area contributed by atoms with E-state index in [2.05, 4.69) is 42.5 Å². The molecule has 0 saturated carbocycles. The summed E-state index contributed by atoms with van der Waals surface area (Å²) in [6, 6.07) is 20.9. The lowest BCUT2D eigenvalue weighted by atomic mass is 10.2. The van der Waals surface area contributed by atoms with Gasteiger partial charge in [0.15, 0.2) is 0 Å². The number of ether oxygens (including phenoxy) is 2. The van der Waals surface area contributed by atoms with Crippen LogP contribution in [0.15, 0.2) is 94.5 Å². The van der Waals surface area contributed by atoms with Crippen molar-refractivity contribution in [2.24, 2.45) is 0 Å². The van der Waals surface area contributed by atoms with Crippen LogP contribution in [0.1, 0.15) is 99.3 Å². The highest BCUT2D eigenvalue weighted by atomic mass is 16.7. The second-order valence-corrected chi connectivity index (χ2v) is 17.5. The normalized spacial score (nSPS) is 16.0. The largest absolute Gasteiger partial charge is 0.444 e. The Hall–Kier alpha value is -7.56. The minimum Gasteiger partial charge on any atom is -0.444 e. The van der Waals surface area contributed by atoms with Crippen LogP contribution in [0.4, 0.5) is 4.79 Å². The first-order valence-corrected chi connectivity index (χ1v) is 24.0. The molecule has 72 heavy (non-hydrogen) atoms. The third-order valence-corrected chi connectivity index (χ3v) is 10.6. The summed E-state index contributed by atoms with van der Waals surface area (Å²) in [5.74, 6) is -4.06. The second kappa shape index (κ2) is 28.9. The van der Waals surface area contributed by atoms with Crippen LogP contribution >= 0.6 is 0 Å². The van der Waals surface area contributed by atoms with Gasteiger partial charge in [0.05, 0.1) is 13.2 Å². The van der Waals surface area contributed by atoms with Crippen LogP contribution in [-0.2, 0) is 27.5 Å². The van der Waals surface area contributed by atoms with Gasteiger partial charge in [-0.3, -0.25) is 33.6 Å². The Balaban J connectivity index is 1.42. The van der Waals surface area contributed by atoms with Crippen molar-refractivity contribution in [2.45, 2.75) is 71.3 Å². The van der Waals surface area contributed by atoms with Crippen molar-refractivity contribution in [3.63, 3.8) is 0 Å². The molecular weight excluding hydrogens is 933 g/mol. The Morgan fingerprint density at radius 3 is 1.54 bits per heavy atom. The molecule has 1 unspecified atom stereocenters. The number of carbonyl (C=O) groups excluding carboxylic acids is 6. The van der Waals surface area contributed by atoms with E-state index in [0.717, 1.165) is 25.9 Å². The molecule has 0 aliphatic carbocycles. The SMILES string of the molecule is CC(C)(C)OC(=O)NCCOCCNC(=O)C1CNC(=O)c2ccc(c(=O)n2OCc2ccccc2)C(=O)NCCCNCCCCNCCCNC(=O)c2ccc(n(OCc3ccccc3)c2=O)C(=O)N1. The smallest absolute Gasteiger partial charge is 0.407 e. The summed E-state index contributed by atoms with van der Waals surface area (Å²) >= 11 is 0. The average molecular weight is 999 g/mol. The van der Waals surface area contributed by atoms with E-state index < -0.39 is 64.9 Å². The lowest BCUT2D eigenvalue weighted by Crippen LogP contribution is -2.54. The molecule has 3 aliphatic heterocycles. The molecule has 3 aliphatic rings. The van der Waals surface area contributed by atoms with Crippen molar-refractivity contribution in [1.82, 2.24) is 52.0 Å². The maximum absolute atomic E-state index is 14.2. The molecule has 0 saturated heterocycles. The summed E-state index contributed by atoms with van der Waals surface area (Å²) in [6.07, 6.45) is 2.32. The number of benzene rings is 2. The van der Waals surface area contributed by atoms with E-state index >= 15 is 0 Å². The fraction of sp³-hybridized carbons (Fsp3) is 0.440. The number of nitrogens with zero attached hydrogens (tertiary/aromatic N) is 2. The number of hydrogen-bond donors (Lipinski definition) is 8. The van der Waals surface area contributed by atoms with E-state index in [0.29, 0.717) is 46.5 Å². The van der Waals surface area contributed by atoms with Gasteiger partial charge in [-0.25, -0.2) is 4.79 Å². The number of nitrogens with one attached hydrogen (secondary N) is 8. The lowest BCUT2D eigenvalue weighted by molar-refractivity contribution is -0.123. The van der Waals surface area contributed by atoms with Crippen molar-refractivity contribution in [3.8, 4) is 0 Å². The van der Waals surface area contributed by atoms with Gasteiger partial charge in [0.2, 0.25) is 5.91 Å². The van der Waals surface area contributed by atoms with Gasteiger partial charge in [0.25, 0.3) is 34.7 Å². The molecule has 4 aromatic rings. The van der Waals surface area contributed by atoms with Crippen molar-refractivity contribution in [3.05, 3.63) is 139 Å². The number of aromatic nitrogens is 2. The Bertz CT molecular complexity index is 2550. The van der Waals surface area contributed by atoms with Gasteiger partial charge in [0.1, 0.15) is 47.4 Å². The summed E-state index contributed by atoms with van der Waals surface area (Å²) in [7, 11) is 0. The summed E-state index contributed by atoms with van der Waals surface area (Å²) < 4.78 is 12.1. The Kier molecular flexibility index (Phi) is 22.3. The van der Waals surface area contributed by atoms with Gasteiger partial charge in [-0.05, 0) is 108 Å². The zero-order chi connectivity index (χ0) is 51.7. The summed E-state index contributed by atoms with van der Waals surface area (Å²) in [6.45, 7) is 7.60. The van der Waals surface area contributed by atoms with E-state index in [-0.39, 0.29) is 75.1 Å². The van der Waals surface area contributed by atoms with Crippen molar-refractivity contribution in [2.75, 3.05) is 72.1 Å². The predicted octanol–water partition coefficient (Wildman–Crippen LogP) is 0.666. The minimum atomic E-state index is -1.55. The fourth-order valence-corrected chi connectivity index (χ4v) is 6.91. The predicted molar refractivity (Wildman–Crippen MR) is 265 cm³/mol. The van der Waals surface area contributed by atoms with Crippen molar-refractivity contribution >= 4 is 35.6 Å². The molecule has 6 amide bonds. The van der Waals surface area contributed by atoms with E-state index in [9.17, 15) is 38.4 Å². The highest BCUT2D eigenvalue weighted by Crippen LogP contribution is 2.08. The third-order valence-electron chi connectivity index (χ3n) is 10.6. The van der Waals surface area contributed by atoms with Gasteiger partial charge in [-0.1, -0.05) is 60.7 Å². The van der Waals surface area contributed by atoms with Crippen LogP contribution < -0.4 is 63.3 Å². The zero-order valence-electron chi connectivity index (χ0n) is 41.0. The molecule has 4 bridgehead atoms. The summed E-state index contributed by atoms with van der Waals surface area (Å²) in [4.78, 5) is 121. The quantitative estimate of drug-likeness (QED) is 0.0856. The standard InChI is InChI=1S/C50H66N10O12/c1-50(2,3)72-49(68)56-29-31-69-30-28-55-44(63)39-32-57-45(64)40-20-18-37(47(66)59(40)70-33-35-14-6-4-7-15-35)42(61)53-26-12-24-51-22-10-11-23-52-25-13-27-54-43(62)38-19-21-41(46(65)58-39)60(48(38)67)71-34-36-16-8-5-9-17-36/h4-9,14-21,39,51-52H,10-13,22-34H2,1-3H3,(H,53,61)(H,54,62)(H,55,63)(H,56,68)(H,57,64)(H,58,65). The van der Waals surface area contributed by atoms with Gasteiger partial charge in [-0.15, -0.1) is 9.46 Å². The van der Waals surface area contributed by atoms with E-state index in [1.54, 1.807) is 81.4 Å². The molecule has 2 aromatic carbocycles. The molecule has 0 spiro atoms. The Labute approximate surface area is 417 Å². The van der Waals surface area contributed by atoms with E-state index in [1.165, 1.54) is 24.3 Å². The van der Waals surface area contributed by atoms with Gasteiger partial charge < -0.3 is 61.7 Å². The number of alkyl carbamates (subject to hydrolysis) is 1. The molecule has 0 fully saturated rings. The minimum absolute atomic E-state index is 0.0243. The zero-order valence-corrected chi connectivity index (χ0v) is 41.0. The fourth-order valence-electron chi connectivity index (χ4n) is 6.91. The summed E-state index contributed by atoms with van der Waals surface area (Å²) in [5.41, 5.74) is -2.55. The Morgan fingerprint density at radius 1 is 0.569 bits per heavy atom. The number of amides is 6. The Morgan fingerprint density at radius 2 is 1.04 bits per heavy atom. The number of rotatable bonds is 13. The number of fused-ring (bicyclic) bond motifs is 2. The number of carbonyl (C=O) groups is 6. The van der Waals surface area contributed by atoms with Crippen LogP contribution in [0.5, 0.6) is 0 Å². The first kappa shape index (κ1) is 55.4. The maximum atomic E-state index is 14.2. The van der Waals surface area contributed by atoms with Crippen molar-refractivity contribution < 1.29 is 47.9 Å². The molecule has 388 valence electrons. The maximum Gasteiger partial charge on any atom is 0.407 e. The van der Waals surface area contributed by atoms with Crippen molar-refractivity contribution in [1.29, 1.82) is 0 Å². The molecule has 8 N–H and O–H groups in total. The van der Waals surface area contributed by atoms with Gasteiger partial charge in [-0.2, -0.15) is 0 Å². The first-order valence-electron chi connectivity index (χ1n) is 24.0. The molecule has 5 heterocycles. The molecule has 2 aromatic heterocycles. The highest BCUT2D eigenvalue weighted by Gasteiger charge is 2.28. The van der Waals surface area contributed by atoms with Gasteiger partial charge >= 0.3 is 6.09 Å². The topological polar surface area (TPSA) is 280 Å². The third kappa shape index (κ3) is 18.3. The van der Waals surface area contributed by atoms with Crippen LogP contribution in [0, 0.1) is 0 Å². The average Bonchev–Trinajstić information content (AvgIpc) is 3.35. The first-order chi connectivity index (χ1) is 34.7. The van der Waals surface area contributed by atoms with Crippen LogP contribution in [0.2, 0.25) is 0 Å². The number of pyridine rings is 2. The highest BCUT2D eigenvalue weighted by molar-refractivity contribution is 5.99. The monoisotopic (exact) mass is 998 g/mol. The van der Waals surface area contributed by atoms with E-state index in [4.69, 9.17) is 19.1 Å². The van der Waals surface area contributed by atoms with Crippen LogP contribution in [-0.4, -0.2) is 129 Å². The summed E-state index contributed by atoms with van der Waals surface area (Å²) in [5, 5.41) is 22.5. The molecule has 1 atom stereocenters. The lowest BCUT2D eigenvalue weighted by Gasteiger charge is -2.21. The van der Waals surface area contributed by atoms with E-state index in [1.807, 2.05) is 0 Å². The number of hydrogen-bond acceptors (Lipinski definition) is 14. The molecule has 0 radical (unpaired) electrons. The van der Waals surface area contributed by atoms with Crippen LogP contribution in [0.3, 0.4) is 0 Å².